The van der Waals surface area contributed by atoms with Gasteiger partial charge in [0.1, 0.15) is 0 Å². The minimum Gasteiger partial charge on any atom is -0.361 e. The summed E-state index contributed by atoms with van der Waals surface area (Å²) in [7, 11) is 0. The van der Waals surface area contributed by atoms with Gasteiger partial charge in [-0.1, -0.05) is 12.1 Å². The molecule has 1 aliphatic carbocycles. The Morgan fingerprint density at radius 3 is 3.05 bits per heavy atom. The van der Waals surface area contributed by atoms with Crippen LogP contribution in [0.25, 0.3) is 10.9 Å². The number of rotatable bonds is 5. The van der Waals surface area contributed by atoms with E-state index in [9.17, 15) is 0 Å². The molecule has 2 N–H and O–H groups in total. The van der Waals surface area contributed by atoms with E-state index in [0.29, 0.717) is 0 Å². The fourth-order valence-electron chi connectivity index (χ4n) is 3.43. The summed E-state index contributed by atoms with van der Waals surface area (Å²) in [5, 5.41) is 4.94. The van der Waals surface area contributed by atoms with Crippen LogP contribution >= 0.6 is 0 Å². The fraction of sp³-hybridized carbons (Fsp3) is 0.529. The zero-order valence-electron chi connectivity index (χ0n) is 11.9. The molecular weight excluding hydrogens is 246 g/mol. The molecule has 1 aliphatic heterocycles. The van der Waals surface area contributed by atoms with Gasteiger partial charge >= 0.3 is 0 Å². The van der Waals surface area contributed by atoms with Crippen molar-refractivity contribution in [1.29, 1.82) is 0 Å². The van der Waals surface area contributed by atoms with Gasteiger partial charge in [0.15, 0.2) is 0 Å². The number of nitrogens with one attached hydrogen (secondary N) is 2. The Labute approximate surface area is 120 Å². The van der Waals surface area contributed by atoms with Gasteiger partial charge in [-0.3, -0.25) is 0 Å². The van der Waals surface area contributed by atoms with Gasteiger partial charge in [0.25, 0.3) is 0 Å². The molecule has 0 spiro atoms. The fourth-order valence-corrected chi connectivity index (χ4v) is 3.43. The molecule has 2 fully saturated rings. The molecule has 20 heavy (non-hydrogen) atoms. The molecule has 2 heterocycles. The monoisotopic (exact) mass is 269 g/mol. The summed E-state index contributed by atoms with van der Waals surface area (Å²) in [6.45, 7) is 4.78. The minimum absolute atomic E-state index is 0.852. The van der Waals surface area contributed by atoms with Crippen molar-refractivity contribution in [2.45, 2.75) is 31.8 Å². The van der Waals surface area contributed by atoms with E-state index in [0.717, 1.165) is 25.0 Å². The molecule has 0 amide bonds. The van der Waals surface area contributed by atoms with Gasteiger partial charge in [0.05, 0.1) is 0 Å². The maximum absolute atomic E-state index is 3.64. The summed E-state index contributed by atoms with van der Waals surface area (Å²) in [5.41, 5.74) is 2.61. The maximum Gasteiger partial charge on any atom is 0.0457 e. The normalized spacial score (nSPS) is 23.7. The highest BCUT2D eigenvalue weighted by Gasteiger charge is 2.33. The Morgan fingerprint density at radius 1 is 1.20 bits per heavy atom. The summed E-state index contributed by atoms with van der Waals surface area (Å²) in [4.78, 5) is 5.97. The first-order chi connectivity index (χ1) is 9.88. The predicted octanol–water partition coefficient (Wildman–Crippen LogP) is 2.74. The Balaban J connectivity index is 1.27. The molecule has 3 nitrogen and oxygen atoms in total. The number of nitrogens with zero attached hydrogens (tertiary/aromatic N) is 1. The smallest absolute Gasteiger partial charge is 0.0457 e. The highest BCUT2D eigenvalue weighted by Crippen LogP contribution is 2.31. The van der Waals surface area contributed by atoms with Gasteiger partial charge in [0, 0.05) is 30.8 Å². The van der Waals surface area contributed by atoms with E-state index in [1.54, 1.807) is 0 Å². The lowest BCUT2D eigenvalue weighted by molar-refractivity contribution is 0.312. The number of hydrogen-bond donors (Lipinski definition) is 2. The first-order valence-corrected chi connectivity index (χ1v) is 7.89. The Morgan fingerprint density at radius 2 is 2.15 bits per heavy atom. The van der Waals surface area contributed by atoms with Crippen molar-refractivity contribution >= 4 is 10.9 Å². The average Bonchev–Trinajstić information content (AvgIpc) is 3.02. The van der Waals surface area contributed by atoms with E-state index in [4.69, 9.17) is 0 Å². The SMILES string of the molecule is c1cc2ccc(CNCC3CCN(C4CC4)C3)cc2[nH]1. The highest BCUT2D eigenvalue weighted by molar-refractivity contribution is 5.79. The molecule has 0 radical (unpaired) electrons. The van der Waals surface area contributed by atoms with Crippen molar-refractivity contribution in [3.8, 4) is 0 Å². The average molecular weight is 269 g/mol. The third kappa shape index (κ3) is 2.60. The molecule has 1 saturated heterocycles. The molecule has 1 unspecified atom stereocenters. The van der Waals surface area contributed by atoms with Crippen LogP contribution in [0.15, 0.2) is 30.5 Å². The second kappa shape index (κ2) is 5.23. The zero-order valence-corrected chi connectivity index (χ0v) is 11.9. The molecule has 1 aromatic heterocycles. The summed E-state index contributed by atoms with van der Waals surface area (Å²) in [6, 6.07) is 9.75. The van der Waals surface area contributed by atoms with Gasteiger partial charge < -0.3 is 15.2 Å². The van der Waals surface area contributed by atoms with Crippen LogP contribution in [0.2, 0.25) is 0 Å². The number of fused-ring (bicyclic) bond motifs is 1. The second-order valence-electron chi connectivity index (χ2n) is 6.41. The van der Waals surface area contributed by atoms with Crippen molar-refractivity contribution in [3.05, 3.63) is 36.0 Å². The third-order valence-electron chi connectivity index (χ3n) is 4.76. The lowest BCUT2D eigenvalue weighted by Gasteiger charge is -2.15. The van der Waals surface area contributed by atoms with Crippen LogP contribution in [0.3, 0.4) is 0 Å². The van der Waals surface area contributed by atoms with Crippen molar-refractivity contribution < 1.29 is 0 Å². The number of aromatic nitrogens is 1. The van der Waals surface area contributed by atoms with Crippen molar-refractivity contribution in [3.63, 3.8) is 0 Å². The Hall–Kier alpha value is -1.32. The number of H-pyrrole nitrogens is 1. The maximum atomic E-state index is 3.64. The molecule has 1 saturated carbocycles. The predicted molar refractivity (Wildman–Crippen MR) is 82.7 cm³/mol. The topological polar surface area (TPSA) is 31.1 Å². The first-order valence-electron chi connectivity index (χ1n) is 7.89. The number of benzene rings is 1. The third-order valence-corrected chi connectivity index (χ3v) is 4.76. The number of hydrogen-bond acceptors (Lipinski definition) is 2. The highest BCUT2D eigenvalue weighted by atomic mass is 15.2. The number of aromatic amines is 1. The Kier molecular flexibility index (Phi) is 3.25. The molecule has 2 aromatic rings. The first kappa shape index (κ1) is 12.4. The molecule has 106 valence electrons. The van der Waals surface area contributed by atoms with E-state index in [1.807, 2.05) is 6.20 Å². The zero-order chi connectivity index (χ0) is 13.4. The molecule has 1 aromatic carbocycles. The molecule has 0 bridgehead atoms. The summed E-state index contributed by atoms with van der Waals surface area (Å²) < 4.78 is 0. The lowest BCUT2D eigenvalue weighted by Crippen LogP contribution is -2.27. The minimum atomic E-state index is 0.852. The van der Waals surface area contributed by atoms with Crippen LogP contribution in [0, 0.1) is 5.92 Å². The van der Waals surface area contributed by atoms with Gasteiger partial charge in [0.2, 0.25) is 0 Å². The second-order valence-corrected chi connectivity index (χ2v) is 6.41. The van der Waals surface area contributed by atoms with Crippen LogP contribution < -0.4 is 5.32 Å². The van der Waals surface area contributed by atoms with E-state index in [1.165, 1.54) is 48.8 Å². The lowest BCUT2D eigenvalue weighted by atomic mass is 10.1. The van der Waals surface area contributed by atoms with E-state index in [-0.39, 0.29) is 0 Å². The van der Waals surface area contributed by atoms with Crippen LogP contribution in [0.1, 0.15) is 24.8 Å². The largest absolute Gasteiger partial charge is 0.361 e. The quantitative estimate of drug-likeness (QED) is 0.874. The van der Waals surface area contributed by atoms with Crippen LogP contribution in [-0.2, 0) is 6.54 Å². The van der Waals surface area contributed by atoms with Crippen LogP contribution in [-0.4, -0.2) is 35.6 Å². The van der Waals surface area contributed by atoms with Gasteiger partial charge in [-0.05, 0) is 61.4 Å². The molecular formula is C17H23N3. The number of likely N-dealkylation sites (tertiary alicyclic amines) is 1. The van der Waals surface area contributed by atoms with Crippen molar-refractivity contribution in [1.82, 2.24) is 15.2 Å². The van der Waals surface area contributed by atoms with Crippen molar-refractivity contribution in [2.24, 2.45) is 5.92 Å². The van der Waals surface area contributed by atoms with E-state index in [2.05, 4.69) is 39.5 Å². The Bertz CT molecular complexity index is 585. The van der Waals surface area contributed by atoms with Crippen molar-refractivity contribution in [2.75, 3.05) is 19.6 Å². The van der Waals surface area contributed by atoms with Crippen LogP contribution in [0.5, 0.6) is 0 Å². The standard InChI is InChI=1S/C17H23N3/c1-2-15-5-7-19-17(15)9-13(1)10-18-11-14-6-8-20(12-14)16-3-4-16/h1-2,5,7,9,14,16,18-19H,3-4,6,8,10-12H2. The van der Waals surface area contributed by atoms with Crippen LogP contribution in [0.4, 0.5) is 0 Å². The van der Waals surface area contributed by atoms with E-state index < -0.39 is 0 Å². The molecule has 4 rings (SSSR count). The molecule has 3 heteroatoms. The van der Waals surface area contributed by atoms with Gasteiger partial charge in [-0.15, -0.1) is 0 Å². The van der Waals surface area contributed by atoms with Gasteiger partial charge in [-0.25, -0.2) is 0 Å². The summed E-state index contributed by atoms with van der Waals surface area (Å²) in [6.07, 6.45) is 6.26. The molecule has 2 aliphatic rings. The summed E-state index contributed by atoms with van der Waals surface area (Å²) in [5.74, 6) is 0.852. The van der Waals surface area contributed by atoms with E-state index >= 15 is 0 Å². The summed E-state index contributed by atoms with van der Waals surface area (Å²) >= 11 is 0. The van der Waals surface area contributed by atoms with Gasteiger partial charge in [-0.2, -0.15) is 0 Å². The molecule has 1 atom stereocenters.